The zero-order valence-corrected chi connectivity index (χ0v) is 20.8. The van der Waals surface area contributed by atoms with E-state index in [1.807, 2.05) is 21.0 Å². The lowest BCUT2D eigenvalue weighted by atomic mass is 9.43. The van der Waals surface area contributed by atoms with E-state index >= 15 is 0 Å². The zero-order chi connectivity index (χ0) is 25.2. The highest BCUT2D eigenvalue weighted by atomic mass is 16.4. The smallest absolute Gasteiger partial charge is 0.180 e. The number of aliphatic hydroxyl groups excluding tert-OH is 3. The third kappa shape index (κ3) is 3.90. The van der Waals surface area contributed by atoms with Crippen LogP contribution in [0.1, 0.15) is 58.8 Å². The first kappa shape index (κ1) is 25.9. The average molecular weight is 480 g/mol. The summed E-state index contributed by atoms with van der Waals surface area (Å²) in [6.45, 7) is 4.09. The minimum absolute atomic E-state index is 0.00719. The van der Waals surface area contributed by atoms with Gasteiger partial charge in [0.1, 0.15) is 23.6 Å². The maximum atomic E-state index is 13.9. The van der Waals surface area contributed by atoms with E-state index in [2.05, 4.69) is 4.90 Å². The molecule has 192 valence electrons. The van der Waals surface area contributed by atoms with Gasteiger partial charge in [-0.25, -0.2) is 0 Å². The van der Waals surface area contributed by atoms with Crippen LogP contribution in [-0.4, -0.2) is 87.2 Å². The molecule has 4 fully saturated rings. The van der Waals surface area contributed by atoms with E-state index in [1.54, 1.807) is 0 Å². The molecule has 0 spiro atoms. The Hall–Kier alpha value is -1.19. The number of nitrogens with zero attached hydrogens (tertiary/aromatic N) is 1. The molecular formula is C26H41NO7. The zero-order valence-electron chi connectivity index (χ0n) is 20.8. The molecule has 8 nitrogen and oxygen atoms in total. The van der Waals surface area contributed by atoms with E-state index in [1.165, 1.54) is 6.92 Å². The van der Waals surface area contributed by atoms with Gasteiger partial charge in [0.05, 0.1) is 18.1 Å². The molecule has 0 heterocycles. The van der Waals surface area contributed by atoms with Crippen LogP contribution in [0.15, 0.2) is 0 Å². The van der Waals surface area contributed by atoms with Gasteiger partial charge < -0.3 is 25.3 Å². The number of hydrogen-bond donors (Lipinski definition) is 4. The van der Waals surface area contributed by atoms with Gasteiger partial charge in [0, 0.05) is 11.8 Å². The number of rotatable bonds is 5. The van der Waals surface area contributed by atoms with E-state index in [0.29, 0.717) is 25.2 Å². The van der Waals surface area contributed by atoms with Crippen molar-refractivity contribution in [3.63, 3.8) is 0 Å². The number of ketones is 3. The Labute approximate surface area is 201 Å². The highest BCUT2D eigenvalue weighted by Gasteiger charge is 2.70. The maximum Gasteiger partial charge on any atom is 0.180 e. The lowest BCUT2D eigenvalue weighted by molar-refractivity contribution is -0.230. The minimum Gasteiger partial charge on any atom is -0.392 e. The molecule has 8 unspecified atom stereocenters. The van der Waals surface area contributed by atoms with Gasteiger partial charge in [-0.2, -0.15) is 0 Å². The predicted molar refractivity (Wildman–Crippen MR) is 124 cm³/mol. The fourth-order valence-electron chi connectivity index (χ4n) is 8.17. The molecule has 0 bridgehead atoms. The minimum atomic E-state index is -2.24. The van der Waals surface area contributed by atoms with Gasteiger partial charge in [0.25, 0.3) is 0 Å². The van der Waals surface area contributed by atoms with Crippen LogP contribution in [0.2, 0.25) is 0 Å². The van der Waals surface area contributed by atoms with Crippen molar-refractivity contribution >= 4 is 17.3 Å². The molecule has 0 aromatic heterocycles. The summed E-state index contributed by atoms with van der Waals surface area (Å²) in [7, 11) is 4.06. The Kier molecular flexibility index (Phi) is 6.88. The topological polar surface area (TPSA) is 135 Å². The SMILES string of the molecule is CC(=O)C1C(=O)[C@@]2(O)C(O)C3C(=O)C4C(O)CCC(CCCN(C)C)C4C[C@@]3(C)C[C@H]2CC1O. The van der Waals surface area contributed by atoms with E-state index in [4.69, 9.17) is 0 Å². The van der Waals surface area contributed by atoms with E-state index in [0.717, 1.165) is 25.8 Å². The predicted octanol–water partition coefficient (Wildman–Crippen LogP) is 0.578. The second-order valence-corrected chi connectivity index (χ2v) is 12.2. The van der Waals surface area contributed by atoms with Crippen molar-refractivity contribution in [1.82, 2.24) is 4.90 Å². The molecule has 4 aliphatic rings. The Morgan fingerprint density at radius 2 is 1.76 bits per heavy atom. The molecular weight excluding hydrogens is 438 g/mol. The summed E-state index contributed by atoms with van der Waals surface area (Å²) < 4.78 is 0. The number of carbonyl (C=O) groups excluding carboxylic acids is 3. The van der Waals surface area contributed by atoms with E-state index in [9.17, 15) is 34.8 Å². The molecule has 4 saturated carbocycles. The molecule has 0 saturated heterocycles. The van der Waals surface area contributed by atoms with Gasteiger partial charge in [0.2, 0.25) is 0 Å². The van der Waals surface area contributed by atoms with Gasteiger partial charge in [-0.05, 0) is 89.8 Å². The molecule has 0 aromatic carbocycles. The van der Waals surface area contributed by atoms with Crippen molar-refractivity contribution < 1.29 is 34.8 Å². The Balaban J connectivity index is 1.66. The number of hydrogen-bond acceptors (Lipinski definition) is 8. The fraction of sp³-hybridized carbons (Fsp3) is 0.885. The lowest BCUT2D eigenvalue weighted by Crippen LogP contribution is -2.73. The molecule has 0 amide bonds. The maximum absolute atomic E-state index is 13.9. The molecule has 0 aliphatic heterocycles. The standard InChI is InChI=1S/C26H41NO7/c1-13(28)19-18(30)10-15-11-25(2)12-16-14(6-5-9-27(3)4)7-8-17(29)20(16)22(31)21(25)24(33)26(15,34)23(19)32/h14-21,24,29-30,33-34H,5-12H2,1-4H3/t14?,15-,16?,17?,18?,19?,20?,21?,24?,25-,26-/m1/s1. The van der Waals surface area contributed by atoms with Gasteiger partial charge >= 0.3 is 0 Å². The monoisotopic (exact) mass is 479 g/mol. The second kappa shape index (κ2) is 9.04. The summed E-state index contributed by atoms with van der Waals surface area (Å²) >= 11 is 0. The molecule has 0 aromatic rings. The fourth-order valence-corrected chi connectivity index (χ4v) is 8.17. The van der Waals surface area contributed by atoms with Crippen LogP contribution in [0.4, 0.5) is 0 Å². The summed E-state index contributed by atoms with van der Waals surface area (Å²) in [6, 6.07) is 0. The molecule has 34 heavy (non-hydrogen) atoms. The lowest BCUT2D eigenvalue weighted by Gasteiger charge is -2.61. The average Bonchev–Trinajstić information content (AvgIpc) is 2.71. The molecule has 4 aliphatic carbocycles. The summed E-state index contributed by atoms with van der Waals surface area (Å²) in [5.74, 6) is -5.12. The molecule has 4 rings (SSSR count). The third-order valence-corrected chi connectivity index (χ3v) is 9.71. The summed E-state index contributed by atoms with van der Waals surface area (Å²) in [5.41, 5.74) is -2.90. The van der Waals surface area contributed by atoms with Crippen LogP contribution in [0, 0.1) is 40.9 Å². The third-order valence-electron chi connectivity index (χ3n) is 9.71. The normalized spacial score (nSPS) is 48.8. The summed E-state index contributed by atoms with van der Waals surface area (Å²) in [5, 5.41) is 44.4. The van der Waals surface area contributed by atoms with Crippen molar-refractivity contribution in [2.45, 2.75) is 82.7 Å². The van der Waals surface area contributed by atoms with Crippen LogP contribution >= 0.6 is 0 Å². The molecule has 11 atom stereocenters. The van der Waals surface area contributed by atoms with Crippen LogP contribution in [-0.2, 0) is 14.4 Å². The van der Waals surface area contributed by atoms with Gasteiger partial charge in [-0.15, -0.1) is 0 Å². The number of Topliss-reactive ketones (excluding diaryl/α,β-unsaturated/α-hetero) is 3. The Morgan fingerprint density at radius 1 is 1.09 bits per heavy atom. The second-order valence-electron chi connectivity index (χ2n) is 12.2. The van der Waals surface area contributed by atoms with Gasteiger partial charge in [-0.1, -0.05) is 6.92 Å². The summed E-state index contributed by atoms with van der Waals surface area (Å²) in [4.78, 5) is 41.3. The van der Waals surface area contributed by atoms with E-state index < -0.39 is 64.6 Å². The first-order chi connectivity index (χ1) is 15.8. The number of fused-ring (bicyclic) bond motifs is 3. The van der Waals surface area contributed by atoms with Crippen molar-refractivity contribution in [2.75, 3.05) is 20.6 Å². The van der Waals surface area contributed by atoms with Crippen LogP contribution in [0.3, 0.4) is 0 Å². The van der Waals surface area contributed by atoms with Crippen LogP contribution < -0.4 is 0 Å². The van der Waals surface area contributed by atoms with Crippen molar-refractivity contribution in [1.29, 1.82) is 0 Å². The van der Waals surface area contributed by atoms with Gasteiger partial charge in [0.15, 0.2) is 11.4 Å². The quantitative estimate of drug-likeness (QED) is 0.421. The van der Waals surface area contributed by atoms with Crippen molar-refractivity contribution in [2.24, 2.45) is 40.9 Å². The van der Waals surface area contributed by atoms with Crippen LogP contribution in [0.25, 0.3) is 0 Å². The van der Waals surface area contributed by atoms with Gasteiger partial charge in [-0.3, -0.25) is 14.4 Å². The molecule has 0 radical (unpaired) electrons. The van der Waals surface area contributed by atoms with Crippen LogP contribution in [0.5, 0.6) is 0 Å². The highest BCUT2D eigenvalue weighted by Crippen LogP contribution is 2.61. The Bertz CT molecular complexity index is 845. The molecule has 4 N–H and O–H groups in total. The van der Waals surface area contributed by atoms with Crippen molar-refractivity contribution in [3.05, 3.63) is 0 Å². The number of carbonyl (C=O) groups is 3. The Morgan fingerprint density at radius 3 is 2.38 bits per heavy atom. The van der Waals surface area contributed by atoms with E-state index in [-0.39, 0.29) is 18.1 Å². The summed E-state index contributed by atoms with van der Waals surface area (Å²) in [6.07, 6.45) is 0.676. The first-order valence-corrected chi connectivity index (χ1v) is 12.8. The largest absolute Gasteiger partial charge is 0.392 e. The first-order valence-electron chi connectivity index (χ1n) is 12.8. The highest BCUT2D eigenvalue weighted by molar-refractivity contribution is 6.07. The van der Waals surface area contributed by atoms with Crippen molar-refractivity contribution in [3.8, 4) is 0 Å². The number of aliphatic hydroxyl groups is 4. The molecule has 8 heteroatoms.